The summed E-state index contributed by atoms with van der Waals surface area (Å²) in [5, 5.41) is 2.66. The molecular weight excluding hydrogens is 317 g/mol. The van der Waals surface area contributed by atoms with Gasteiger partial charge in [0.05, 0.1) is 5.02 Å². The standard InChI is InChI=1S/C18H19ClFNO2/c1-4-17(23-14-7-5-11(2)12(3)9-14)18(22)21-13-6-8-16(20)15(19)10-13/h5-10,17H,4H2,1-3H3,(H,21,22). The van der Waals surface area contributed by atoms with Gasteiger partial charge in [0.2, 0.25) is 0 Å². The van der Waals surface area contributed by atoms with Crippen molar-refractivity contribution < 1.29 is 13.9 Å². The zero-order chi connectivity index (χ0) is 17.0. The van der Waals surface area contributed by atoms with Crippen LogP contribution in [0.4, 0.5) is 10.1 Å². The van der Waals surface area contributed by atoms with E-state index in [2.05, 4.69) is 5.32 Å². The molecule has 2 rings (SSSR count). The average Bonchev–Trinajstić information content (AvgIpc) is 2.52. The summed E-state index contributed by atoms with van der Waals surface area (Å²) in [7, 11) is 0. The molecule has 0 heterocycles. The molecule has 122 valence electrons. The monoisotopic (exact) mass is 335 g/mol. The smallest absolute Gasteiger partial charge is 0.265 e. The van der Waals surface area contributed by atoms with Gasteiger partial charge in [-0.05, 0) is 61.7 Å². The van der Waals surface area contributed by atoms with Gasteiger partial charge in [-0.25, -0.2) is 4.39 Å². The van der Waals surface area contributed by atoms with E-state index in [1.165, 1.54) is 18.2 Å². The fourth-order valence-electron chi connectivity index (χ4n) is 2.07. The SMILES string of the molecule is CCC(Oc1ccc(C)c(C)c1)C(=O)Nc1ccc(F)c(Cl)c1. The van der Waals surface area contributed by atoms with E-state index in [0.29, 0.717) is 17.9 Å². The molecule has 23 heavy (non-hydrogen) atoms. The number of ether oxygens (including phenoxy) is 1. The van der Waals surface area contributed by atoms with Crippen LogP contribution in [0.25, 0.3) is 0 Å². The Hall–Kier alpha value is -2.07. The topological polar surface area (TPSA) is 38.3 Å². The number of aryl methyl sites for hydroxylation is 2. The van der Waals surface area contributed by atoms with E-state index in [4.69, 9.17) is 16.3 Å². The highest BCUT2D eigenvalue weighted by molar-refractivity contribution is 6.31. The maximum absolute atomic E-state index is 13.1. The molecule has 0 aliphatic heterocycles. The summed E-state index contributed by atoms with van der Waals surface area (Å²) in [6.07, 6.45) is -0.130. The lowest BCUT2D eigenvalue weighted by Gasteiger charge is -2.18. The van der Waals surface area contributed by atoms with Crippen LogP contribution in [-0.2, 0) is 4.79 Å². The van der Waals surface area contributed by atoms with Gasteiger partial charge in [-0.1, -0.05) is 24.6 Å². The van der Waals surface area contributed by atoms with Crippen molar-refractivity contribution in [2.75, 3.05) is 5.32 Å². The molecule has 0 saturated carbocycles. The number of carbonyl (C=O) groups excluding carboxylic acids is 1. The first-order chi connectivity index (χ1) is 10.9. The molecule has 0 aliphatic rings. The van der Waals surface area contributed by atoms with Crippen molar-refractivity contribution in [3.8, 4) is 5.75 Å². The lowest BCUT2D eigenvalue weighted by atomic mass is 10.1. The normalized spacial score (nSPS) is 11.9. The van der Waals surface area contributed by atoms with Crippen LogP contribution < -0.4 is 10.1 Å². The van der Waals surface area contributed by atoms with Gasteiger partial charge in [-0.15, -0.1) is 0 Å². The number of amides is 1. The zero-order valence-corrected chi connectivity index (χ0v) is 14.1. The Morgan fingerprint density at radius 2 is 1.96 bits per heavy atom. The number of benzene rings is 2. The van der Waals surface area contributed by atoms with Crippen molar-refractivity contribution in [2.24, 2.45) is 0 Å². The van der Waals surface area contributed by atoms with Gasteiger partial charge in [0, 0.05) is 5.69 Å². The van der Waals surface area contributed by atoms with E-state index in [0.717, 1.165) is 11.1 Å². The molecule has 1 N–H and O–H groups in total. The van der Waals surface area contributed by atoms with Gasteiger partial charge in [0.1, 0.15) is 11.6 Å². The molecule has 2 aromatic rings. The van der Waals surface area contributed by atoms with E-state index in [9.17, 15) is 9.18 Å². The Morgan fingerprint density at radius 3 is 2.57 bits per heavy atom. The summed E-state index contributed by atoms with van der Waals surface area (Å²) in [6, 6.07) is 9.74. The molecule has 5 heteroatoms. The summed E-state index contributed by atoms with van der Waals surface area (Å²) in [5.74, 6) is -0.177. The predicted molar refractivity (Wildman–Crippen MR) is 90.7 cm³/mol. The lowest BCUT2D eigenvalue weighted by molar-refractivity contribution is -0.122. The molecule has 0 fully saturated rings. The minimum absolute atomic E-state index is 0.0362. The second kappa shape index (κ2) is 7.47. The van der Waals surface area contributed by atoms with Crippen LogP contribution in [0.5, 0.6) is 5.75 Å². The molecule has 1 amide bonds. The zero-order valence-electron chi connectivity index (χ0n) is 13.3. The molecule has 0 bridgehead atoms. The van der Waals surface area contributed by atoms with Crippen LogP contribution in [0.1, 0.15) is 24.5 Å². The third kappa shape index (κ3) is 4.45. The molecule has 0 aromatic heterocycles. The van der Waals surface area contributed by atoms with Crippen molar-refractivity contribution in [3.63, 3.8) is 0 Å². The summed E-state index contributed by atoms with van der Waals surface area (Å²) in [6.45, 7) is 5.87. The van der Waals surface area contributed by atoms with Crippen LogP contribution in [-0.4, -0.2) is 12.0 Å². The van der Waals surface area contributed by atoms with Gasteiger partial charge < -0.3 is 10.1 Å². The maximum Gasteiger partial charge on any atom is 0.265 e. The van der Waals surface area contributed by atoms with Crippen LogP contribution in [0.2, 0.25) is 5.02 Å². The van der Waals surface area contributed by atoms with Crippen molar-refractivity contribution in [1.29, 1.82) is 0 Å². The Bertz CT molecular complexity index is 718. The number of nitrogens with one attached hydrogen (secondary N) is 1. The van der Waals surface area contributed by atoms with Gasteiger partial charge in [0.25, 0.3) is 5.91 Å². The predicted octanol–water partition coefficient (Wildman–Crippen LogP) is 4.89. The Labute approximate surface area is 140 Å². The highest BCUT2D eigenvalue weighted by atomic mass is 35.5. The highest BCUT2D eigenvalue weighted by Crippen LogP contribution is 2.21. The molecule has 0 aliphatic carbocycles. The fraction of sp³-hybridized carbons (Fsp3) is 0.278. The first-order valence-corrected chi connectivity index (χ1v) is 7.78. The van der Waals surface area contributed by atoms with Crippen LogP contribution in [0.15, 0.2) is 36.4 Å². The summed E-state index contributed by atoms with van der Waals surface area (Å²) in [5.41, 5.74) is 2.70. The molecular formula is C18H19ClFNO2. The van der Waals surface area contributed by atoms with E-state index in [-0.39, 0.29) is 10.9 Å². The number of rotatable bonds is 5. The number of hydrogen-bond donors (Lipinski definition) is 1. The molecule has 3 nitrogen and oxygen atoms in total. The third-order valence-corrected chi connectivity index (χ3v) is 3.90. The maximum atomic E-state index is 13.1. The lowest BCUT2D eigenvalue weighted by Crippen LogP contribution is -2.32. The van der Waals surface area contributed by atoms with Crippen molar-refractivity contribution in [1.82, 2.24) is 0 Å². The van der Waals surface area contributed by atoms with Crippen LogP contribution in [0.3, 0.4) is 0 Å². The minimum atomic E-state index is -0.638. The summed E-state index contributed by atoms with van der Waals surface area (Å²) < 4.78 is 18.9. The summed E-state index contributed by atoms with van der Waals surface area (Å²) >= 11 is 5.72. The fourth-order valence-corrected chi connectivity index (χ4v) is 2.25. The largest absolute Gasteiger partial charge is 0.481 e. The molecule has 0 spiro atoms. The summed E-state index contributed by atoms with van der Waals surface area (Å²) in [4.78, 5) is 12.3. The first-order valence-electron chi connectivity index (χ1n) is 7.40. The van der Waals surface area contributed by atoms with Crippen LogP contribution in [0, 0.1) is 19.7 Å². The molecule has 1 unspecified atom stereocenters. The minimum Gasteiger partial charge on any atom is -0.481 e. The number of halogens is 2. The Balaban J connectivity index is 2.08. The van der Waals surface area contributed by atoms with Crippen molar-refractivity contribution >= 4 is 23.2 Å². The number of carbonyl (C=O) groups is 1. The Kier molecular flexibility index (Phi) is 5.61. The van der Waals surface area contributed by atoms with Crippen molar-refractivity contribution in [2.45, 2.75) is 33.3 Å². The number of anilines is 1. The van der Waals surface area contributed by atoms with E-state index < -0.39 is 11.9 Å². The van der Waals surface area contributed by atoms with E-state index in [1.54, 1.807) is 0 Å². The molecule has 0 saturated heterocycles. The second-order valence-electron chi connectivity index (χ2n) is 5.38. The van der Waals surface area contributed by atoms with Gasteiger partial charge >= 0.3 is 0 Å². The highest BCUT2D eigenvalue weighted by Gasteiger charge is 2.19. The second-order valence-corrected chi connectivity index (χ2v) is 5.79. The molecule has 2 aromatic carbocycles. The third-order valence-electron chi connectivity index (χ3n) is 3.61. The first kappa shape index (κ1) is 17.3. The van der Waals surface area contributed by atoms with Crippen molar-refractivity contribution in [3.05, 3.63) is 58.4 Å². The molecule has 0 radical (unpaired) electrons. The van der Waals surface area contributed by atoms with E-state index >= 15 is 0 Å². The van der Waals surface area contributed by atoms with Gasteiger partial charge in [0.15, 0.2) is 6.10 Å². The molecule has 1 atom stereocenters. The van der Waals surface area contributed by atoms with Gasteiger partial charge in [-0.2, -0.15) is 0 Å². The van der Waals surface area contributed by atoms with E-state index in [1.807, 2.05) is 39.0 Å². The quantitative estimate of drug-likeness (QED) is 0.844. The number of hydrogen-bond acceptors (Lipinski definition) is 2. The van der Waals surface area contributed by atoms with Crippen LogP contribution >= 0.6 is 11.6 Å². The van der Waals surface area contributed by atoms with Gasteiger partial charge in [-0.3, -0.25) is 4.79 Å². The Morgan fingerprint density at radius 1 is 1.22 bits per heavy atom. The average molecular weight is 336 g/mol.